The predicted molar refractivity (Wildman–Crippen MR) is 120 cm³/mol. The highest BCUT2D eigenvalue weighted by Gasteiger charge is 2.25. The minimum atomic E-state index is 0.115. The SMILES string of the molecule is Cc1cc(N2CCCCC2)nc(N2CCN(C(=O)c3ccccc3I)CC2)n1. The lowest BCUT2D eigenvalue weighted by Crippen LogP contribution is -2.49. The Bertz CT molecular complexity index is 844. The highest BCUT2D eigenvalue weighted by Crippen LogP contribution is 2.22. The molecule has 2 aliphatic rings. The second-order valence-electron chi connectivity index (χ2n) is 7.47. The highest BCUT2D eigenvalue weighted by molar-refractivity contribution is 14.1. The number of carbonyl (C=O) groups excluding carboxylic acids is 1. The number of aromatic nitrogens is 2. The summed E-state index contributed by atoms with van der Waals surface area (Å²) in [5.41, 5.74) is 1.79. The number of benzene rings is 1. The molecule has 1 aromatic carbocycles. The average Bonchev–Trinajstić information content (AvgIpc) is 2.74. The summed E-state index contributed by atoms with van der Waals surface area (Å²) in [5, 5.41) is 0. The predicted octanol–water partition coefficient (Wildman–Crippen LogP) is 3.34. The van der Waals surface area contributed by atoms with E-state index in [2.05, 4.69) is 43.4 Å². The third-order valence-corrected chi connectivity index (χ3v) is 6.40. The minimum Gasteiger partial charge on any atom is -0.356 e. The van der Waals surface area contributed by atoms with Gasteiger partial charge < -0.3 is 14.7 Å². The van der Waals surface area contributed by atoms with Crippen molar-refractivity contribution in [3.63, 3.8) is 0 Å². The molecule has 3 heterocycles. The lowest BCUT2D eigenvalue weighted by molar-refractivity contribution is 0.0745. The van der Waals surface area contributed by atoms with Gasteiger partial charge in [-0.15, -0.1) is 0 Å². The number of hydrogen-bond acceptors (Lipinski definition) is 5. The van der Waals surface area contributed by atoms with E-state index in [1.807, 2.05) is 36.1 Å². The van der Waals surface area contributed by atoms with E-state index in [1.165, 1.54) is 19.3 Å². The molecule has 7 heteroatoms. The van der Waals surface area contributed by atoms with Crippen molar-refractivity contribution in [2.45, 2.75) is 26.2 Å². The molecule has 2 aromatic rings. The number of piperidine rings is 1. The number of amides is 1. The highest BCUT2D eigenvalue weighted by atomic mass is 127. The van der Waals surface area contributed by atoms with Crippen LogP contribution in [0.4, 0.5) is 11.8 Å². The quantitative estimate of drug-likeness (QED) is 0.617. The third-order valence-electron chi connectivity index (χ3n) is 5.46. The van der Waals surface area contributed by atoms with Crippen molar-refractivity contribution in [2.75, 3.05) is 49.1 Å². The van der Waals surface area contributed by atoms with Gasteiger partial charge in [-0.3, -0.25) is 4.79 Å². The van der Waals surface area contributed by atoms with Gasteiger partial charge >= 0.3 is 0 Å². The number of piperazine rings is 1. The second-order valence-corrected chi connectivity index (χ2v) is 8.64. The molecule has 28 heavy (non-hydrogen) atoms. The summed E-state index contributed by atoms with van der Waals surface area (Å²) in [6.45, 7) is 7.11. The van der Waals surface area contributed by atoms with Crippen molar-refractivity contribution < 1.29 is 4.79 Å². The Balaban J connectivity index is 1.44. The fourth-order valence-electron chi connectivity index (χ4n) is 3.88. The Hall–Kier alpha value is -1.90. The molecule has 0 saturated carbocycles. The molecule has 0 aliphatic carbocycles. The molecular formula is C21H26IN5O. The Morgan fingerprint density at radius 1 is 0.929 bits per heavy atom. The van der Waals surface area contributed by atoms with Crippen LogP contribution in [0, 0.1) is 10.5 Å². The standard InChI is InChI=1S/C21H26IN5O/c1-16-15-19(25-9-5-2-6-10-25)24-21(23-16)27-13-11-26(12-14-27)20(28)17-7-3-4-8-18(17)22/h3-4,7-8,15H,2,5-6,9-14H2,1H3. The number of rotatable bonds is 3. The summed E-state index contributed by atoms with van der Waals surface area (Å²) in [6, 6.07) is 9.86. The van der Waals surface area contributed by atoms with Crippen LogP contribution in [0.3, 0.4) is 0 Å². The van der Waals surface area contributed by atoms with Crippen molar-refractivity contribution in [2.24, 2.45) is 0 Å². The molecule has 4 rings (SSSR count). The largest absolute Gasteiger partial charge is 0.356 e. The number of nitrogens with zero attached hydrogens (tertiary/aromatic N) is 5. The first-order valence-electron chi connectivity index (χ1n) is 10.0. The summed E-state index contributed by atoms with van der Waals surface area (Å²) >= 11 is 2.23. The van der Waals surface area contributed by atoms with E-state index in [9.17, 15) is 4.79 Å². The first kappa shape index (κ1) is 19.4. The van der Waals surface area contributed by atoms with E-state index in [4.69, 9.17) is 4.98 Å². The van der Waals surface area contributed by atoms with Gasteiger partial charge in [0, 0.05) is 54.6 Å². The first-order chi connectivity index (χ1) is 13.6. The maximum atomic E-state index is 12.8. The monoisotopic (exact) mass is 491 g/mol. The van der Waals surface area contributed by atoms with Crippen molar-refractivity contribution >= 4 is 40.3 Å². The van der Waals surface area contributed by atoms with Crippen LogP contribution in [0.5, 0.6) is 0 Å². The molecule has 2 fully saturated rings. The molecule has 2 aliphatic heterocycles. The lowest BCUT2D eigenvalue weighted by atomic mass is 10.1. The van der Waals surface area contributed by atoms with E-state index in [0.717, 1.165) is 52.8 Å². The number of carbonyl (C=O) groups is 1. The van der Waals surface area contributed by atoms with Crippen LogP contribution in [-0.2, 0) is 0 Å². The zero-order chi connectivity index (χ0) is 19.5. The molecule has 1 aromatic heterocycles. The molecule has 0 bridgehead atoms. The summed E-state index contributed by atoms with van der Waals surface area (Å²) in [6.07, 6.45) is 3.78. The molecular weight excluding hydrogens is 465 g/mol. The Kier molecular flexibility index (Phi) is 5.99. The Labute approximate surface area is 180 Å². The van der Waals surface area contributed by atoms with Crippen molar-refractivity contribution in [3.05, 3.63) is 45.2 Å². The molecule has 0 N–H and O–H groups in total. The number of halogens is 1. The van der Waals surface area contributed by atoms with Crippen molar-refractivity contribution in [3.8, 4) is 0 Å². The smallest absolute Gasteiger partial charge is 0.255 e. The van der Waals surface area contributed by atoms with Crippen LogP contribution < -0.4 is 9.80 Å². The average molecular weight is 491 g/mol. The van der Waals surface area contributed by atoms with Gasteiger partial charge in [-0.05, 0) is 60.9 Å². The topological polar surface area (TPSA) is 52.6 Å². The van der Waals surface area contributed by atoms with Gasteiger partial charge in [-0.1, -0.05) is 12.1 Å². The zero-order valence-electron chi connectivity index (χ0n) is 16.3. The molecule has 0 radical (unpaired) electrons. The van der Waals surface area contributed by atoms with Gasteiger partial charge in [0.2, 0.25) is 5.95 Å². The molecule has 0 spiro atoms. The van der Waals surface area contributed by atoms with E-state index in [1.54, 1.807) is 0 Å². The summed E-state index contributed by atoms with van der Waals surface area (Å²) < 4.78 is 1.00. The van der Waals surface area contributed by atoms with Gasteiger partial charge in [0.15, 0.2) is 0 Å². The summed E-state index contributed by atoms with van der Waals surface area (Å²) in [4.78, 5) is 28.9. The third kappa shape index (κ3) is 4.24. The fourth-order valence-corrected chi connectivity index (χ4v) is 4.50. The second kappa shape index (κ2) is 8.63. The molecule has 6 nitrogen and oxygen atoms in total. The van der Waals surface area contributed by atoms with E-state index in [0.29, 0.717) is 13.1 Å². The fraction of sp³-hybridized carbons (Fsp3) is 0.476. The number of hydrogen-bond donors (Lipinski definition) is 0. The van der Waals surface area contributed by atoms with Gasteiger partial charge in [-0.2, -0.15) is 4.98 Å². The van der Waals surface area contributed by atoms with Gasteiger partial charge in [-0.25, -0.2) is 4.98 Å². The van der Waals surface area contributed by atoms with Crippen LogP contribution in [0.25, 0.3) is 0 Å². The summed E-state index contributed by atoms with van der Waals surface area (Å²) in [5.74, 6) is 1.95. The number of anilines is 2. The van der Waals surface area contributed by atoms with Crippen LogP contribution in [0.1, 0.15) is 35.3 Å². The van der Waals surface area contributed by atoms with Crippen LogP contribution >= 0.6 is 22.6 Å². The molecule has 148 valence electrons. The molecule has 1 amide bonds. The Morgan fingerprint density at radius 3 is 2.36 bits per heavy atom. The zero-order valence-corrected chi connectivity index (χ0v) is 18.4. The van der Waals surface area contributed by atoms with Crippen LogP contribution in [0.15, 0.2) is 30.3 Å². The minimum absolute atomic E-state index is 0.115. The normalized spacial score (nSPS) is 17.7. The maximum Gasteiger partial charge on any atom is 0.255 e. The van der Waals surface area contributed by atoms with Crippen molar-refractivity contribution in [1.29, 1.82) is 0 Å². The molecule has 0 unspecified atom stereocenters. The molecule has 0 atom stereocenters. The molecule has 2 saturated heterocycles. The van der Waals surface area contributed by atoms with Gasteiger partial charge in [0.05, 0.1) is 5.56 Å². The van der Waals surface area contributed by atoms with Crippen LogP contribution in [-0.4, -0.2) is 60.0 Å². The Morgan fingerprint density at radius 2 is 1.64 bits per heavy atom. The van der Waals surface area contributed by atoms with Crippen LogP contribution in [0.2, 0.25) is 0 Å². The summed E-state index contributed by atoms with van der Waals surface area (Å²) in [7, 11) is 0. The first-order valence-corrected chi connectivity index (χ1v) is 11.1. The van der Waals surface area contributed by atoms with Gasteiger partial charge in [0.1, 0.15) is 5.82 Å². The van der Waals surface area contributed by atoms with Gasteiger partial charge in [0.25, 0.3) is 5.91 Å². The van der Waals surface area contributed by atoms with E-state index >= 15 is 0 Å². The van der Waals surface area contributed by atoms with E-state index in [-0.39, 0.29) is 5.91 Å². The van der Waals surface area contributed by atoms with E-state index < -0.39 is 0 Å². The maximum absolute atomic E-state index is 12.8. The lowest BCUT2D eigenvalue weighted by Gasteiger charge is -2.35. The number of aryl methyl sites for hydroxylation is 1. The van der Waals surface area contributed by atoms with Crippen molar-refractivity contribution in [1.82, 2.24) is 14.9 Å².